The van der Waals surface area contributed by atoms with Crippen LogP contribution in [0, 0.1) is 5.92 Å². The van der Waals surface area contributed by atoms with Gasteiger partial charge in [0.1, 0.15) is 0 Å². The summed E-state index contributed by atoms with van der Waals surface area (Å²) in [5.74, 6) is 0.578. The maximum Gasteiger partial charge on any atom is 0.00473 e. The Kier molecular flexibility index (Phi) is 7.57. The molecule has 0 bridgehead atoms. The third-order valence-electron chi connectivity index (χ3n) is 8.07. The van der Waals surface area contributed by atoms with Gasteiger partial charge < -0.3 is 0 Å². The number of rotatable bonds is 10. The van der Waals surface area contributed by atoms with Crippen LogP contribution < -0.4 is 0 Å². The van der Waals surface area contributed by atoms with E-state index in [4.69, 9.17) is 0 Å². The third kappa shape index (κ3) is 4.83. The predicted octanol–water partition coefficient (Wildman–Crippen LogP) is 9.51. The Labute approximate surface area is 207 Å². The molecule has 0 heteroatoms. The molecular weight excluding hydrogens is 408 g/mol. The first-order valence-electron chi connectivity index (χ1n) is 13.1. The second-order valence-corrected chi connectivity index (χ2v) is 10.7. The summed E-state index contributed by atoms with van der Waals surface area (Å²) in [5.41, 5.74) is 4.41. The molecule has 4 aromatic rings. The van der Waals surface area contributed by atoms with Crippen LogP contribution in [0.4, 0.5) is 0 Å². The van der Waals surface area contributed by atoms with Gasteiger partial charge in [-0.25, -0.2) is 0 Å². The standard InChI is InChI=1S/C34H40/c1-5-6-24-34(30-20-11-8-12-21-30,26-27(2)25-28-16-9-7-10-17-28)33(3,4)32-23-15-19-29-18-13-14-22-31(29)32/h7-23,27H,5-6,24-26H2,1-4H3. The van der Waals surface area contributed by atoms with Gasteiger partial charge in [-0.2, -0.15) is 0 Å². The molecule has 4 rings (SSSR count). The lowest BCUT2D eigenvalue weighted by Gasteiger charge is -2.50. The molecule has 0 fully saturated rings. The summed E-state index contributed by atoms with van der Waals surface area (Å²) in [6.45, 7) is 9.79. The van der Waals surface area contributed by atoms with Crippen LogP contribution in [0.1, 0.15) is 70.1 Å². The SMILES string of the molecule is CCCCC(CC(C)Cc1ccccc1)(c1ccccc1)C(C)(C)c1cccc2ccccc12. The van der Waals surface area contributed by atoms with Gasteiger partial charge in [-0.1, -0.05) is 144 Å². The van der Waals surface area contributed by atoms with Gasteiger partial charge in [0.05, 0.1) is 0 Å². The number of fused-ring (bicyclic) bond motifs is 1. The Morgan fingerprint density at radius 3 is 2.03 bits per heavy atom. The molecule has 0 N–H and O–H groups in total. The van der Waals surface area contributed by atoms with Crippen molar-refractivity contribution in [1.29, 1.82) is 0 Å². The quantitative estimate of drug-likeness (QED) is 0.226. The number of benzene rings is 4. The van der Waals surface area contributed by atoms with Gasteiger partial charge in [0.15, 0.2) is 0 Å². The molecule has 0 spiro atoms. The average Bonchev–Trinajstić information content (AvgIpc) is 2.87. The molecule has 0 aliphatic carbocycles. The topological polar surface area (TPSA) is 0 Å². The maximum atomic E-state index is 2.51. The molecule has 0 aliphatic rings. The molecule has 0 saturated heterocycles. The van der Waals surface area contributed by atoms with Gasteiger partial charge in [-0.15, -0.1) is 0 Å². The van der Waals surface area contributed by atoms with Crippen LogP contribution in [0.2, 0.25) is 0 Å². The van der Waals surface area contributed by atoms with Gasteiger partial charge >= 0.3 is 0 Å². The fourth-order valence-electron chi connectivity index (χ4n) is 6.24. The second-order valence-electron chi connectivity index (χ2n) is 10.7. The summed E-state index contributed by atoms with van der Waals surface area (Å²) in [5, 5.41) is 2.73. The Morgan fingerprint density at radius 2 is 1.32 bits per heavy atom. The van der Waals surface area contributed by atoms with Crippen LogP contribution in [0.3, 0.4) is 0 Å². The van der Waals surface area contributed by atoms with Crippen molar-refractivity contribution in [2.75, 3.05) is 0 Å². The van der Waals surface area contributed by atoms with Gasteiger partial charge in [0.2, 0.25) is 0 Å². The lowest BCUT2D eigenvalue weighted by Crippen LogP contribution is -2.47. The summed E-state index contributed by atoms with van der Waals surface area (Å²) in [6, 6.07) is 38.2. The minimum Gasteiger partial charge on any atom is -0.0654 e. The van der Waals surface area contributed by atoms with Gasteiger partial charge in [0.25, 0.3) is 0 Å². The summed E-state index contributed by atoms with van der Waals surface area (Å²) in [6.07, 6.45) is 5.94. The van der Waals surface area contributed by atoms with E-state index in [0.717, 1.165) is 6.42 Å². The zero-order valence-corrected chi connectivity index (χ0v) is 21.4. The third-order valence-corrected chi connectivity index (χ3v) is 8.07. The molecule has 0 aliphatic heterocycles. The fourth-order valence-corrected chi connectivity index (χ4v) is 6.24. The van der Waals surface area contributed by atoms with Crippen LogP contribution in [0.15, 0.2) is 103 Å². The van der Waals surface area contributed by atoms with Crippen molar-refractivity contribution in [3.8, 4) is 0 Å². The predicted molar refractivity (Wildman–Crippen MR) is 149 cm³/mol. The minimum absolute atomic E-state index is 0.0324. The Balaban J connectivity index is 1.86. The van der Waals surface area contributed by atoms with Crippen LogP contribution >= 0.6 is 0 Å². The van der Waals surface area contributed by atoms with Crippen molar-refractivity contribution < 1.29 is 0 Å². The fraction of sp³-hybridized carbons (Fsp3) is 0.353. The van der Waals surface area contributed by atoms with Crippen molar-refractivity contribution in [3.63, 3.8) is 0 Å². The summed E-state index contributed by atoms with van der Waals surface area (Å²) in [4.78, 5) is 0. The molecule has 0 amide bonds. The first-order valence-corrected chi connectivity index (χ1v) is 13.1. The van der Waals surface area contributed by atoms with Gasteiger partial charge in [-0.3, -0.25) is 0 Å². The van der Waals surface area contributed by atoms with Crippen molar-refractivity contribution in [3.05, 3.63) is 120 Å². The minimum atomic E-state index is -0.0324. The van der Waals surface area contributed by atoms with Crippen LogP contribution in [-0.2, 0) is 17.3 Å². The zero-order chi connectivity index (χ0) is 24.0. The summed E-state index contributed by atoms with van der Waals surface area (Å²) < 4.78 is 0. The summed E-state index contributed by atoms with van der Waals surface area (Å²) in [7, 11) is 0. The molecule has 2 unspecified atom stereocenters. The van der Waals surface area contributed by atoms with E-state index >= 15 is 0 Å². The van der Waals surface area contributed by atoms with E-state index < -0.39 is 0 Å². The van der Waals surface area contributed by atoms with Crippen molar-refractivity contribution in [2.24, 2.45) is 5.92 Å². The van der Waals surface area contributed by atoms with Crippen LogP contribution in [0.5, 0.6) is 0 Å². The van der Waals surface area contributed by atoms with Crippen LogP contribution in [-0.4, -0.2) is 0 Å². The van der Waals surface area contributed by atoms with E-state index in [9.17, 15) is 0 Å². The van der Waals surface area contributed by atoms with E-state index in [1.807, 2.05) is 0 Å². The number of hydrogen-bond donors (Lipinski definition) is 0. The first kappa shape index (κ1) is 24.3. The second kappa shape index (κ2) is 10.6. The van der Waals surface area contributed by atoms with E-state index in [-0.39, 0.29) is 10.8 Å². The van der Waals surface area contributed by atoms with Crippen molar-refractivity contribution in [1.82, 2.24) is 0 Å². The Morgan fingerprint density at radius 1 is 0.706 bits per heavy atom. The molecule has 0 radical (unpaired) electrons. The lowest BCUT2D eigenvalue weighted by molar-refractivity contribution is 0.182. The zero-order valence-electron chi connectivity index (χ0n) is 21.4. The monoisotopic (exact) mass is 448 g/mol. The molecule has 0 nitrogen and oxygen atoms in total. The first-order chi connectivity index (χ1) is 16.5. The van der Waals surface area contributed by atoms with E-state index in [2.05, 4.69) is 131 Å². The maximum absolute atomic E-state index is 2.51. The Hall–Kier alpha value is -2.86. The van der Waals surface area contributed by atoms with E-state index in [1.54, 1.807) is 0 Å². The van der Waals surface area contributed by atoms with Gasteiger partial charge in [0, 0.05) is 5.41 Å². The van der Waals surface area contributed by atoms with Crippen LogP contribution in [0.25, 0.3) is 10.8 Å². The lowest BCUT2D eigenvalue weighted by atomic mass is 9.53. The smallest absolute Gasteiger partial charge is 0.00473 e. The highest BCUT2D eigenvalue weighted by atomic mass is 14.5. The van der Waals surface area contributed by atoms with E-state index in [1.165, 1.54) is 53.1 Å². The summed E-state index contributed by atoms with van der Waals surface area (Å²) >= 11 is 0. The van der Waals surface area contributed by atoms with E-state index in [0.29, 0.717) is 5.92 Å². The molecule has 0 heterocycles. The highest BCUT2D eigenvalue weighted by molar-refractivity contribution is 5.86. The Bertz CT molecular complexity index is 1170. The molecular formula is C34H40. The largest absolute Gasteiger partial charge is 0.0654 e. The highest BCUT2D eigenvalue weighted by Crippen LogP contribution is 2.52. The number of unbranched alkanes of at least 4 members (excludes halogenated alkanes) is 1. The van der Waals surface area contributed by atoms with Gasteiger partial charge in [-0.05, 0) is 58.1 Å². The molecule has 0 saturated carbocycles. The van der Waals surface area contributed by atoms with Crippen molar-refractivity contribution in [2.45, 2.75) is 70.6 Å². The highest BCUT2D eigenvalue weighted by Gasteiger charge is 2.47. The number of hydrogen-bond acceptors (Lipinski definition) is 0. The molecule has 34 heavy (non-hydrogen) atoms. The molecule has 2 atom stereocenters. The molecule has 0 aromatic heterocycles. The molecule has 176 valence electrons. The normalized spacial score (nSPS) is 14.6. The average molecular weight is 449 g/mol. The molecule has 4 aromatic carbocycles. The van der Waals surface area contributed by atoms with Crippen molar-refractivity contribution >= 4 is 10.8 Å².